The van der Waals surface area contributed by atoms with Crippen molar-refractivity contribution in [1.29, 1.82) is 0 Å². The van der Waals surface area contributed by atoms with Gasteiger partial charge in [0.05, 0.1) is 23.9 Å². The molecule has 0 bridgehead atoms. The molecular weight excluding hydrogens is 444 g/mol. The van der Waals surface area contributed by atoms with Crippen molar-refractivity contribution < 1.29 is 14.0 Å². The molecule has 2 amide bonds. The standard InChI is InChI=1S/C27H32N4O4/c32-25(17-30-11-3-1-4-12-30)28-19-7-9-23-21(15-19)27(34)22-16-20(8-10-24(22)35-23)29-26(33)18-31-13-5-2-6-14-31/h7-10,15-16H,1-6,11-14,17-18H2,(H,28,32)(H,29,33). The van der Waals surface area contributed by atoms with Crippen molar-refractivity contribution >= 4 is 45.1 Å². The Morgan fingerprint density at radius 1 is 0.686 bits per heavy atom. The Balaban J connectivity index is 1.33. The quantitative estimate of drug-likeness (QED) is 0.526. The van der Waals surface area contributed by atoms with Gasteiger partial charge in [-0.3, -0.25) is 24.2 Å². The second-order valence-corrected chi connectivity index (χ2v) is 9.62. The lowest BCUT2D eigenvalue weighted by molar-refractivity contribution is -0.118. The number of anilines is 2. The van der Waals surface area contributed by atoms with E-state index in [9.17, 15) is 14.4 Å². The number of nitrogens with one attached hydrogen (secondary N) is 2. The highest BCUT2D eigenvalue weighted by atomic mass is 16.3. The van der Waals surface area contributed by atoms with Crippen LogP contribution in [-0.2, 0) is 9.59 Å². The number of benzene rings is 2. The fraction of sp³-hybridized carbons (Fsp3) is 0.444. The molecule has 3 heterocycles. The summed E-state index contributed by atoms with van der Waals surface area (Å²) in [5, 5.41) is 6.61. The van der Waals surface area contributed by atoms with Gasteiger partial charge in [-0.1, -0.05) is 12.8 Å². The van der Waals surface area contributed by atoms with E-state index in [1.165, 1.54) is 12.8 Å². The van der Waals surface area contributed by atoms with Crippen LogP contribution in [0.25, 0.3) is 21.9 Å². The zero-order valence-corrected chi connectivity index (χ0v) is 20.0. The van der Waals surface area contributed by atoms with Gasteiger partial charge in [0.2, 0.25) is 17.2 Å². The number of carbonyl (C=O) groups is 2. The van der Waals surface area contributed by atoms with Crippen molar-refractivity contribution in [2.45, 2.75) is 38.5 Å². The van der Waals surface area contributed by atoms with Crippen molar-refractivity contribution in [2.24, 2.45) is 0 Å². The summed E-state index contributed by atoms with van der Waals surface area (Å²) in [5.74, 6) is -0.176. The van der Waals surface area contributed by atoms with Gasteiger partial charge in [0.25, 0.3) is 0 Å². The van der Waals surface area contributed by atoms with E-state index in [1.807, 2.05) is 0 Å². The molecule has 3 aromatic rings. The van der Waals surface area contributed by atoms with Gasteiger partial charge in [-0.25, -0.2) is 0 Å². The molecule has 184 valence electrons. The third kappa shape index (κ3) is 5.71. The molecule has 2 aliphatic rings. The molecule has 0 atom stereocenters. The molecule has 2 N–H and O–H groups in total. The third-order valence-corrected chi connectivity index (χ3v) is 6.87. The number of nitrogens with zero attached hydrogens (tertiary/aromatic N) is 2. The van der Waals surface area contributed by atoms with Crippen LogP contribution in [0.3, 0.4) is 0 Å². The molecule has 0 saturated carbocycles. The van der Waals surface area contributed by atoms with E-state index in [-0.39, 0.29) is 17.2 Å². The van der Waals surface area contributed by atoms with Crippen molar-refractivity contribution in [3.8, 4) is 0 Å². The van der Waals surface area contributed by atoms with Crippen molar-refractivity contribution in [3.63, 3.8) is 0 Å². The van der Waals surface area contributed by atoms with Crippen LogP contribution >= 0.6 is 0 Å². The maximum atomic E-state index is 13.3. The third-order valence-electron chi connectivity index (χ3n) is 6.87. The van der Waals surface area contributed by atoms with E-state index >= 15 is 0 Å². The molecule has 0 unspecified atom stereocenters. The zero-order chi connectivity index (χ0) is 24.2. The van der Waals surface area contributed by atoms with E-state index < -0.39 is 0 Å². The van der Waals surface area contributed by atoms with Crippen LogP contribution in [0.5, 0.6) is 0 Å². The average Bonchev–Trinajstić information content (AvgIpc) is 2.86. The van der Waals surface area contributed by atoms with E-state index in [0.29, 0.717) is 46.4 Å². The Morgan fingerprint density at radius 3 is 1.54 bits per heavy atom. The van der Waals surface area contributed by atoms with E-state index in [1.54, 1.807) is 36.4 Å². The topological polar surface area (TPSA) is 94.9 Å². The Kier molecular flexibility index (Phi) is 7.11. The van der Waals surface area contributed by atoms with Crippen molar-refractivity contribution in [1.82, 2.24) is 9.80 Å². The molecule has 2 aromatic carbocycles. The monoisotopic (exact) mass is 476 g/mol. The zero-order valence-electron chi connectivity index (χ0n) is 20.0. The van der Waals surface area contributed by atoms with Gasteiger partial charge in [-0.2, -0.15) is 0 Å². The molecule has 2 fully saturated rings. The first-order valence-electron chi connectivity index (χ1n) is 12.6. The summed E-state index contributed by atoms with van der Waals surface area (Å²) in [6, 6.07) is 10.2. The number of fused-ring (bicyclic) bond motifs is 2. The van der Waals surface area contributed by atoms with Crippen molar-refractivity contribution in [3.05, 3.63) is 46.6 Å². The van der Waals surface area contributed by atoms with Crippen LogP contribution in [0.1, 0.15) is 38.5 Å². The van der Waals surface area contributed by atoms with E-state index in [2.05, 4.69) is 20.4 Å². The molecule has 8 nitrogen and oxygen atoms in total. The Morgan fingerprint density at radius 2 is 1.11 bits per heavy atom. The number of piperidine rings is 2. The van der Waals surface area contributed by atoms with Crippen LogP contribution < -0.4 is 16.1 Å². The maximum Gasteiger partial charge on any atom is 0.238 e. The first-order chi connectivity index (χ1) is 17.0. The summed E-state index contributed by atoms with van der Waals surface area (Å²) in [4.78, 5) is 42.6. The Hall–Kier alpha value is -3.23. The molecule has 0 spiro atoms. The molecule has 5 rings (SSSR count). The predicted octanol–water partition coefficient (Wildman–Crippen LogP) is 3.80. The van der Waals surface area contributed by atoms with Gasteiger partial charge >= 0.3 is 0 Å². The Labute approximate surface area is 204 Å². The highest BCUT2D eigenvalue weighted by molar-refractivity contribution is 5.98. The number of hydrogen-bond donors (Lipinski definition) is 2. The molecular formula is C27H32N4O4. The van der Waals surface area contributed by atoms with Crippen LogP contribution in [0, 0.1) is 0 Å². The molecule has 0 radical (unpaired) electrons. The fourth-order valence-electron chi connectivity index (χ4n) is 5.05. The number of carbonyl (C=O) groups excluding carboxylic acids is 2. The van der Waals surface area contributed by atoms with Gasteiger partial charge in [-0.05, 0) is 88.3 Å². The molecule has 2 aliphatic heterocycles. The number of amides is 2. The number of rotatable bonds is 6. The number of likely N-dealkylation sites (tertiary alicyclic amines) is 2. The van der Waals surface area contributed by atoms with Gasteiger partial charge in [0.15, 0.2) is 0 Å². The summed E-state index contributed by atoms with van der Waals surface area (Å²) < 4.78 is 5.95. The van der Waals surface area contributed by atoms with E-state index in [0.717, 1.165) is 51.9 Å². The largest absolute Gasteiger partial charge is 0.456 e. The van der Waals surface area contributed by atoms with Crippen molar-refractivity contribution in [2.75, 3.05) is 49.9 Å². The summed E-state index contributed by atoms with van der Waals surface area (Å²) >= 11 is 0. The summed E-state index contributed by atoms with van der Waals surface area (Å²) in [5.41, 5.74) is 1.85. The van der Waals surface area contributed by atoms with Crippen LogP contribution in [0.4, 0.5) is 11.4 Å². The first-order valence-corrected chi connectivity index (χ1v) is 12.6. The molecule has 0 aliphatic carbocycles. The SMILES string of the molecule is O=C(CN1CCCCC1)Nc1ccc2oc3ccc(NC(=O)CN4CCCCC4)cc3c(=O)c2c1. The molecule has 1 aromatic heterocycles. The summed E-state index contributed by atoms with van der Waals surface area (Å²) in [6.45, 7) is 4.47. The fourth-order valence-corrected chi connectivity index (χ4v) is 5.05. The van der Waals surface area contributed by atoms with Crippen LogP contribution in [0.15, 0.2) is 45.6 Å². The summed E-state index contributed by atoms with van der Waals surface area (Å²) in [6.07, 6.45) is 6.93. The number of hydrogen-bond acceptors (Lipinski definition) is 6. The minimum absolute atomic E-state index is 0.0878. The summed E-state index contributed by atoms with van der Waals surface area (Å²) in [7, 11) is 0. The van der Waals surface area contributed by atoms with Gasteiger partial charge in [0, 0.05) is 11.4 Å². The van der Waals surface area contributed by atoms with E-state index in [4.69, 9.17) is 4.42 Å². The lowest BCUT2D eigenvalue weighted by Crippen LogP contribution is -2.36. The smallest absolute Gasteiger partial charge is 0.238 e. The minimum Gasteiger partial charge on any atom is -0.456 e. The Bertz CT molecular complexity index is 1190. The van der Waals surface area contributed by atoms with Crippen LogP contribution in [0.2, 0.25) is 0 Å². The van der Waals surface area contributed by atoms with Crippen LogP contribution in [-0.4, -0.2) is 60.9 Å². The molecule has 2 saturated heterocycles. The van der Waals surface area contributed by atoms with Gasteiger partial charge in [-0.15, -0.1) is 0 Å². The lowest BCUT2D eigenvalue weighted by Gasteiger charge is -2.25. The van der Waals surface area contributed by atoms with Gasteiger partial charge < -0.3 is 15.1 Å². The predicted molar refractivity (Wildman–Crippen MR) is 138 cm³/mol. The average molecular weight is 477 g/mol. The molecule has 35 heavy (non-hydrogen) atoms. The molecule has 8 heteroatoms. The second-order valence-electron chi connectivity index (χ2n) is 9.62. The second kappa shape index (κ2) is 10.6. The van der Waals surface area contributed by atoms with Gasteiger partial charge in [0.1, 0.15) is 11.2 Å². The maximum absolute atomic E-state index is 13.3. The lowest BCUT2D eigenvalue weighted by atomic mass is 10.1. The highest BCUT2D eigenvalue weighted by Gasteiger charge is 2.16. The minimum atomic E-state index is -0.194. The first kappa shape index (κ1) is 23.5. The normalized spacial score (nSPS) is 17.5. The highest BCUT2D eigenvalue weighted by Crippen LogP contribution is 2.24.